The van der Waals surface area contributed by atoms with Crippen molar-refractivity contribution in [2.75, 3.05) is 13.2 Å². The topological polar surface area (TPSA) is 76.0 Å². The van der Waals surface area contributed by atoms with Crippen molar-refractivity contribution >= 4 is 6.16 Å². The Labute approximate surface area is 123 Å². The van der Waals surface area contributed by atoms with Gasteiger partial charge in [-0.1, -0.05) is 36.4 Å². The monoisotopic (exact) mass is 290 g/mol. The molecule has 112 valence electrons. The Morgan fingerprint density at radius 1 is 0.762 bits per heavy atom. The van der Waals surface area contributed by atoms with Crippen molar-refractivity contribution in [2.24, 2.45) is 0 Å². The minimum atomic E-state index is -0.739. The number of aliphatic hydroxyl groups excluding tert-OH is 2. The molecule has 5 heteroatoms. The van der Waals surface area contributed by atoms with E-state index in [1.165, 1.54) is 0 Å². The number of hydrogen-bond donors (Lipinski definition) is 2. The first-order valence-corrected chi connectivity index (χ1v) is 6.47. The lowest BCUT2D eigenvalue weighted by molar-refractivity contribution is 0.152. The van der Waals surface area contributed by atoms with Gasteiger partial charge in [0.05, 0.1) is 0 Å². The largest absolute Gasteiger partial charge is 0.519 e. The summed E-state index contributed by atoms with van der Waals surface area (Å²) in [5.74, 6) is 0.923. The van der Waals surface area contributed by atoms with Crippen molar-refractivity contribution in [2.45, 2.75) is 6.42 Å². The number of benzene rings is 2. The molecule has 0 saturated carbocycles. The maximum Gasteiger partial charge on any atom is 0.519 e. The van der Waals surface area contributed by atoms with Crippen LogP contribution in [0.5, 0.6) is 11.5 Å². The molecule has 0 amide bonds. The van der Waals surface area contributed by atoms with E-state index in [0.717, 1.165) is 0 Å². The summed E-state index contributed by atoms with van der Waals surface area (Å²) in [5, 5.41) is 15.8. The highest BCUT2D eigenvalue weighted by atomic mass is 16.7. The van der Waals surface area contributed by atoms with Crippen molar-refractivity contribution in [3.8, 4) is 11.5 Å². The summed E-state index contributed by atoms with van der Waals surface area (Å²) in [5.41, 5.74) is 0. The SMILES string of the molecule is O=C(Oc1ccccc1)Oc1ccccc1.OCCCO. The van der Waals surface area contributed by atoms with Crippen molar-refractivity contribution < 1.29 is 24.5 Å². The van der Waals surface area contributed by atoms with Crippen LogP contribution in [0.2, 0.25) is 0 Å². The second-order valence-corrected chi connectivity index (χ2v) is 3.88. The third kappa shape index (κ3) is 7.71. The fourth-order valence-electron chi connectivity index (χ4n) is 1.26. The summed E-state index contributed by atoms with van der Waals surface area (Å²) in [6.07, 6.45) is -0.239. The zero-order valence-corrected chi connectivity index (χ0v) is 11.5. The first kappa shape index (κ1) is 16.7. The number of ether oxygens (including phenoxy) is 2. The summed E-state index contributed by atoms with van der Waals surface area (Å²) in [7, 11) is 0. The van der Waals surface area contributed by atoms with Crippen molar-refractivity contribution in [3.63, 3.8) is 0 Å². The van der Waals surface area contributed by atoms with Crippen LogP contribution in [-0.4, -0.2) is 29.6 Å². The molecule has 0 aliphatic rings. The normalized spacial score (nSPS) is 9.24. The predicted octanol–water partition coefficient (Wildman–Crippen LogP) is 2.63. The Bertz CT molecular complexity index is 453. The average molecular weight is 290 g/mol. The Hall–Kier alpha value is -2.37. The highest BCUT2D eigenvalue weighted by Gasteiger charge is 2.06. The maximum atomic E-state index is 11.3. The highest BCUT2D eigenvalue weighted by molar-refractivity contribution is 5.66. The molecule has 0 aliphatic heterocycles. The molecule has 2 aromatic rings. The van der Waals surface area contributed by atoms with Crippen LogP contribution in [0, 0.1) is 0 Å². The first-order valence-electron chi connectivity index (χ1n) is 6.47. The van der Waals surface area contributed by atoms with Gasteiger partial charge in [-0.3, -0.25) is 0 Å². The number of aliphatic hydroxyl groups is 2. The van der Waals surface area contributed by atoms with Crippen LogP contribution >= 0.6 is 0 Å². The highest BCUT2D eigenvalue weighted by Crippen LogP contribution is 2.12. The van der Waals surface area contributed by atoms with Gasteiger partial charge in [-0.2, -0.15) is 0 Å². The molecule has 0 aromatic heterocycles. The van der Waals surface area contributed by atoms with Crippen molar-refractivity contribution in [3.05, 3.63) is 60.7 Å². The van der Waals surface area contributed by atoms with Gasteiger partial charge in [0, 0.05) is 13.2 Å². The number of hydrogen-bond acceptors (Lipinski definition) is 5. The fraction of sp³-hybridized carbons (Fsp3) is 0.188. The number of carbonyl (C=O) groups is 1. The van der Waals surface area contributed by atoms with Crippen LogP contribution in [0.1, 0.15) is 6.42 Å². The summed E-state index contributed by atoms with van der Waals surface area (Å²) in [4.78, 5) is 11.3. The molecule has 0 heterocycles. The van der Waals surface area contributed by atoms with E-state index in [0.29, 0.717) is 17.9 Å². The van der Waals surface area contributed by atoms with E-state index in [2.05, 4.69) is 0 Å². The quantitative estimate of drug-likeness (QED) is 0.668. The lowest BCUT2D eigenvalue weighted by atomic mass is 10.3. The molecule has 5 nitrogen and oxygen atoms in total. The van der Waals surface area contributed by atoms with Crippen molar-refractivity contribution in [1.29, 1.82) is 0 Å². The van der Waals surface area contributed by atoms with E-state index in [1.807, 2.05) is 12.1 Å². The predicted molar refractivity (Wildman–Crippen MR) is 78.3 cm³/mol. The van der Waals surface area contributed by atoms with Gasteiger partial charge in [-0.05, 0) is 30.7 Å². The Morgan fingerprint density at radius 3 is 1.43 bits per heavy atom. The second kappa shape index (κ2) is 10.4. The Balaban J connectivity index is 0.000000383. The summed E-state index contributed by atoms with van der Waals surface area (Å²) in [6, 6.07) is 17.6. The minimum absolute atomic E-state index is 0.0938. The molecule has 0 aliphatic carbocycles. The van der Waals surface area contributed by atoms with Gasteiger partial charge in [0.1, 0.15) is 11.5 Å². The fourth-order valence-corrected chi connectivity index (χ4v) is 1.26. The van der Waals surface area contributed by atoms with E-state index in [-0.39, 0.29) is 13.2 Å². The second-order valence-electron chi connectivity index (χ2n) is 3.88. The molecule has 2 aromatic carbocycles. The van der Waals surface area contributed by atoms with Crippen LogP contribution in [0.25, 0.3) is 0 Å². The zero-order valence-electron chi connectivity index (χ0n) is 11.5. The van der Waals surface area contributed by atoms with E-state index in [9.17, 15) is 4.79 Å². The van der Waals surface area contributed by atoms with Gasteiger partial charge in [-0.25, -0.2) is 4.79 Å². The van der Waals surface area contributed by atoms with Crippen LogP contribution in [-0.2, 0) is 0 Å². The lowest BCUT2D eigenvalue weighted by Crippen LogP contribution is -2.13. The maximum absolute atomic E-state index is 11.3. The summed E-state index contributed by atoms with van der Waals surface area (Å²) < 4.78 is 9.91. The molecule has 0 fully saturated rings. The van der Waals surface area contributed by atoms with Gasteiger partial charge in [0.25, 0.3) is 0 Å². The minimum Gasteiger partial charge on any atom is -0.396 e. The summed E-state index contributed by atoms with van der Waals surface area (Å²) >= 11 is 0. The molecule has 0 radical (unpaired) electrons. The number of rotatable bonds is 4. The number of carbonyl (C=O) groups excluding carboxylic acids is 1. The standard InChI is InChI=1S/C13H10O3.C3H8O2/c14-13(15-11-7-3-1-4-8-11)16-12-9-5-2-6-10-12;4-2-1-3-5/h1-10H;4-5H,1-3H2. The summed E-state index contributed by atoms with van der Waals surface area (Å²) in [6.45, 7) is 0.188. The molecule has 21 heavy (non-hydrogen) atoms. The third-order valence-corrected chi connectivity index (χ3v) is 2.21. The molecular weight excluding hydrogens is 272 g/mol. The van der Waals surface area contributed by atoms with E-state index in [1.54, 1.807) is 48.5 Å². The van der Waals surface area contributed by atoms with Gasteiger partial charge in [-0.15, -0.1) is 0 Å². The molecule has 0 unspecified atom stereocenters. The van der Waals surface area contributed by atoms with Gasteiger partial charge in [0.15, 0.2) is 0 Å². The van der Waals surface area contributed by atoms with E-state index < -0.39 is 6.16 Å². The Kier molecular flexibility index (Phi) is 8.28. The molecule has 0 atom stereocenters. The van der Waals surface area contributed by atoms with Crippen molar-refractivity contribution in [1.82, 2.24) is 0 Å². The molecule has 2 N–H and O–H groups in total. The van der Waals surface area contributed by atoms with Crippen LogP contribution in [0.4, 0.5) is 4.79 Å². The van der Waals surface area contributed by atoms with Gasteiger partial charge >= 0.3 is 6.16 Å². The molecule has 0 bridgehead atoms. The van der Waals surface area contributed by atoms with E-state index >= 15 is 0 Å². The molecule has 0 spiro atoms. The average Bonchev–Trinajstić information content (AvgIpc) is 2.50. The van der Waals surface area contributed by atoms with Crippen LogP contribution < -0.4 is 9.47 Å². The smallest absolute Gasteiger partial charge is 0.396 e. The number of para-hydroxylation sites is 2. The van der Waals surface area contributed by atoms with Gasteiger partial charge in [0.2, 0.25) is 0 Å². The Morgan fingerprint density at radius 2 is 1.14 bits per heavy atom. The molecular formula is C16H18O5. The van der Waals surface area contributed by atoms with Gasteiger partial charge < -0.3 is 19.7 Å². The first-order chi connectivity index (χ1) is 10.3. The lowest BCUT2D eigenvalue weighted by Gasteiger charge is -2.04. The van der Waals surface area contributed by atoms with Crippen LogP contribution in [0.15, 0.2) is 60.7 Å². The van der Waals surface area contributed by atoms with E-state index in [4.69, 9.17) is 19.7 Å². The van der Waals surface area contributed by atoms with Crippen LogP contribution in [0.3, 0.4) is 0 Å². The third-order valence-electron chi connectivity index (χ3n) is 2.21. The molecule has 2 rings (SSSR count). The zero-order chi connectivity index (χ0) is 15.3. The molecule has 0 saturated heterocycles.